The summed E-state index contributed by atoms with van der Waals surface area (Å²) in [6.45, 7) is 8.23. The zero-order chi connectivity index (χ0) is 43.9. The van der Waals surface area contributed by atoms with E-state index in [2.05, 4.69) is 41.7 Å². The van der Waals surface area contributed by atoms with Crippen LogP contribution in [-0.4, -0.2) is 124 Å². The molecule has 0 spiro atoms. The average Bonchev–Trinajstić information content (AvgIpc) is 3.60. The highest BCUT2D eigenvalue weighted by Gasteiger charge is 2.42. The maximum absolute atomic E-state index is 13.5. The lowest BCUT2D eigenvalue weighted by atomic mass is 9.87. The highest BCUT2D eigenvalue weighted by molar-refractivity contribution is 6.33. The second kappa shape index (κ2) is 17.9. The summed E-state index contributed by atoms with van der Waals surface area (Å²) < 4.78 is 13.9. The third-order valence-corrected chi connectivity index (χ3v) is 13.4. The van der Waals surface area contributed by atoms with E-state index in [-0.39, 0.29) is 53.9 Å². The molecule has 2 atom stereocenters. The summed E-state index contributed by atoms with van der Waals surface area (Å²) in [6.07, 6.45) is 6.39. The van der Waals surface area contributed by atoms with E-state index in [1.807, 2.05) is 44.2 Å². The molecule has 2 unspecified atom stereocenters. The number of anilines is 4. The topological polar surface area (TPSA) is 187 Å². The lowest BCUT2D eigenvalue weighted by Gasteiger charge is -2.48. The summed E-state index contributed by atoms with van der Waals surface area (Å²) >= 11 is 6.61. The highest BCUT2D eigenvalue weighted by atomic mass is 35.5. The number of carbonyl (C=O) groups excluding carboxylic acids is 3. The molecule has 4 aromatic rings. The van der Waals surface area contributed by atoms with Crippen LogP contribution < -0.4 is 36.0 Å². The van der Waals surface area contributed by atoms with Crippen LogP contribution in [0.1, 0.15) is 80.8 Å². The van der Waals surface area contributed by atoms with Crippen LogP contribution in [0.3, 0.4) is 0 Å². The quantitative estimate of drug-likeness (QED) is 0.159. The number of aliphatic hydroxyl groups excluding tert-OH is 1. The number of amides is 3. The molecule has 0 bridgehead atoms. The third kappa shape index (κ3) is 8.75. The first-order chi connectivity index (χ1) is 30.4. The number of hydrogen-bond donors (Lipinski definition) is 4. The molecule has 5 aliphatic rings. The number of ether oxygens (including phenoxy) is 2. The summed E-state index contributed by atoms with van der Waals surface area (Å²) in [5.74, 6) is 0.531. The summed E-state index contributed by atoms with van der Waals surface area (Å²) in [5.41, 5.74) is 3.89. The smallest absolute Gasteiger partial charge is 0.293 e. The van der Waals surface area contributed by atoms with Crippen LogP contribution in [-0.2, 0) is 20.9 Å². The molecule has 334 valence electrons. The van der Waals surface area contributed by atoms with Gasteiger partial charge in [-0.2, -0.15) is 4.98 Å². The number of rotatable bonds is 12. The molecule has 4 fully saturated rings. The Kier molecular flexibility index (Phi) is 12.2. The van der Waals surface area contributed by atoms with E-state index in [1.54, 1.807) is 21.7 Å². The first-order valence-corrected chi connectivity index (χ1v) is 22.4. The predicted octanol–water partition coefficient (Wildman–Crippen LogP) is 4.13. The maximum Gasteiger partial charge on any atom is 0.293 e. The van der Waals surface area contributed by atoms with Crippen LogP contribution in [0.15, 0.2) is 53.5 Å². The molecule has 4 N–H and O–H groups in total. The van der Waals surface area contributed by atoms with Gasteiger partial charge in [-0.25, -0.2) is 4.98 Å². The molecular weight excluding hydrogens is 828 g/mol. The van der Waals surface area contributed by atoms with Crippen molar-refractivity contribution in [2.75, 3.05) is 61.6 Å². The van der Waals surface area contributed by atoms with Gasteiger partial charge in [0.05, 0.1) is 36.6 Å². The number of piperidine rings is 2. The van der Waals surface area contributed by atoms with Crippen molar-refractivity contribution in [3.05, 3.63) is 75.2 Å². The number of aliphatic hydroxyl groups is 1. The van der Waals surface area contributed by atoms with E-state index in [9.17, 15) is 24.3 Å². The molecule has 9 rings (SSSR count). The van der Waals surface area contributed by atoms with Crippen molar-refractivity contribution in [1.29, 1.82) is 0 Å². The molecule has 0 radical (unpaired) electrons. The van der Waals surface area contributed by atoms with Crippen molar-refractivity contribution in [3.63, 3.8) is 0 Å². The lowest BCUT2D eigenvalue weighted by Crippen LogP contribution is -2.56. The Morgan fingerprint density at radius 2 is 1.83 bits per heavy atom. The minimum Gasteiger partial charge on any atom is -0.478 e. The number of halogens is 1. The second-order valence-corrected chi connectivity index (χ2v) is 17.9. The normalized spacial score (nSPS) is 23.2. The van der Waals surface area contributed by atoms with Gasteiger partial charge >= 0.3 is 0 Å². The Morgan fingerprint density at radius 3 is 2.59 bits per heavy atom. The number of likely N-dealkylation sites (N-methyl/N-ethyl adjacent to an activating group) is 1. The lowest BCUT2D eigenvalue weighted by molar-refractivity contribution is -0.129. The van der Waals surface area contributed by atoms with Gasteiger partial charge in [0.15, 0.2) is 18.2 Å². The number of fused-ring (bicyclic) bond motifs is 2. The van der Waals surface area contributed by atoms with E-state index in [1.165, 1.54) is 7.05 Å². The molecule has 3 saturated heterocycles. The Balaban J connectivity index is 0.775. The van der Waals surface area contributed by atoms with Gasteiger partial charge in [0.2, 0.25) is 11.9 Å². The van der Waals surface area contributed by atoms with Gasteiger partial charge in [0.25, 0.3) is 17.4 Å². The van der Waals surface area contributed by atoms with Crippen molar-refractivity contribution >= 4 is 63.4 Å². The molecule has 3 amide bonds. The molecule has 2 aromatic heterocycles. The molecule has 17 nitrogen and oxygen atoms in total. The fourth-order valence-corrected chi connectivity index (χ4v) is 9.83. The molecule has 1 saturated carbocycles. The number of nitrogens with zero attached hydrogens (tertiary/aromatic N) is 7. The van der Waals surface area contributed by atoms with E-state index >= 15 is 0 Å². The standard InChI is InChI=1S/C45H55ClN10O7/c1-26(2)56-35-9-8-28(18-27(35)19-38(44(56)61)62-24-40(58)47-3)49-41-34(46)22-48-45(51-41)52-16-12-30(13-17-52)63-31-20-29(21-31)53-14-5-15-54(25-53)36-7-4-6-32-33(36)23-55(43(32)60)37-10-11-39(57)50-42(37)59/h4,6-9,18-19,22,26,29-31,37,42,59H,5,10-17,20-21,23-25H2,1-3H3,(H,47,58)(H,50,57)(H,48,49,51). The van der Waals surface area contributed by atoms with Crippen molar-refractivity contribution in [2.24, 2.45) is 0 Å². The molecule has 2 aromatic carbocycles. The van der Waals surface area contributed by atoms with E-state index in [0.29, 0.717) is 53.5 Å². The number of hydrogen-bond acceptors (Lipinski definition) is 13. The maximum atomic E-state index is 13.5. The Bertz CT molecular complexity index is 2450. The average molecular weight is 883 g/mol. The van der Waals surface area contributed by atoms with Gasteiger partial charge in [-0.3, -0.25) is 24.1 Å². The van der Waals surface area contributed by atoms with Crippen LogP contribution in [0.2, 0.25) is 5.02 Å². The van der Waals surface area contributed by atoms with Crippen LogP contribution in [0, 0.1) is 0 Å². The van der Waals surface area contributed by atoms with E-state index < -0.39 is 12.3 Å². The zero-order valence-corrected chi connectivity index (χ0v) is 36.6. The van der Waals surface area contributed by atoms with Crippen molar-refractivity contribution in [1.82, 2.24) is 35.0 Å². The molecule has 18 heteroatoms. The molecule has 6 heterocycles. The number of carbonyl (C=O) groups is 3. The number of benzene rings is 2. The van der Waals surface area contributed by atoms with Crippen LogP contribution in [0.4, 0.5) is 23.1 Å². The number of aromatic nitrogens is 3. The summed E-state index contributed by atoms with van der Waals surface area (Å²) in [7, 11) is 1.52. The summed E-state index contributed by atoms with van der Waals surface area (Å²) in [5, 5.41) is 20.1. The SMILES string of the molecule is CNC(=O)COc1cc2cc(Nc3nc(N4CCC(OC5CC(N6CCCN(c7cccc8c7CN(C7CCC(=O)NC7O)C8=O)C6)C5)CC4)ncc3Cl)ccc2n(C(C)C)c1=O. The minimum absolute atomic E-state index is 0.0875. The van der Waals surface area contributed by atoms with Gasteiger partial charge in [0.1, 0.15) is 11.3 Å². The number of nitrogens with one attached hydrogen (secondary N) is 3. The van der Waals surface area contributed by atoms with Crippen molar-refractivity contribution in [3.8, 4) is 5.75 Å². The number of pyridine rings is 1. The first kappa shape index (κ1) is 42.8. The molecular formula is C45H55ClN10O7. The molecule has 1 aliphatic carbocycles. The Morgan fingerprint density at radius 1 is 1.02 bits per heavy atom. The van der Waals surface area contributed by atoms with E-state index in [0.717, 1.165) is 87.1 Å². The largest absolute Gasteiger partial charge is 0.478 e. The van der Waals surface area contributed by atoms with Crippen LogP contribution in [0.25, 0.3) is 10.9 Å². The van der Waals surface area contributed by atoms with Gasteiger partial charge in [-0.05, 0) is 88.8 Å². The van der Waals surface area contributed by atoms with E-state index in [4.69, 9.17) is 26.1 Å². The summed E-state index contributed by atoms with van der Waals surface area (Å²) in [6, 6.07) is 13.1. The van der Waals surface area contributed by atoms with Gasteiger partial charge in [-0.1, -0.05) is 17.7 Å². The Hall–Kier alpha value is -5.49. The van der Waals surface area contributed by atoms with Crippen LogP contribution >= 0.6 is 11.6 Å². The molecule has 4 aliphatic heterocycles. The molecule has 63 heavy (non-hydrogen) atoms. The third-order valence-electron chi connectivity index (χ3n) is 13.1. The van der Waals surface area contributed by atoms with Crippen molar-refractivity contribution < 1.29 is 29.0 Å². The predicted molar refractivity (Wildman–Crippen MR) is 239 cm³/mol. The van der Waals surface area contributed by atoms with Gasteiger partial charge in [-0.15, -0.1) is 0 Å². The summed E-state index contributed by atoms with van der Waals surface area (Å²) in [4.78, 5) is 68.6. The minimum atomic E-state index is -1.06. The van der Waals surface area contributed by atoms with Crippen LogP contribution in [0.5, 0.6) is 5.75 Å². The van der Waals surface area contributed by atoms with Gasteiger partial charge in [0, 0.05) is 86.2 Å². The zero-order valence-electron chi connectivity index (χ0n) is 35.9. The second-order valence-electron chi connectivity index (χ2n) is 17.5. The first-order valence-electron chi connectivity index (χ1n) is 22.1. The fourth-order valence-electron chi connectivity index (χ4n) is 9.69. The van der Waals surface area contributed by atoms with Crippen molar-refractivity contribution in [2.45, 2.75) is 102 Å². The monoisotopic (exact) mass is 882 g/mol. The van der Waals surface area contributed by atoms with Gasteiger partial charge < -0.3 is 49.8 Å². The Labute approximate surface area is 370 Å². The highest BCUT2D eigenvalue weighted by Crippen LogP contribution is 2.38. The fraction of sp³-hybridized carbons (Fsp3) is 0.511.